The van der Waals surface area contributed by atoms with Crippen LogP contribution in [-0.2, 0) is 0 Å². The van der Waals surface area contributed by atoms with Crippen molar-refractivity contribution in [3.63, 3.8) is 0 Å². The van der Waals surface area contributed by atoms with Gasteiger partial charge in [-0.25, -0.2) is 9.67 Å². The third-order valence-electron chi connectivity index (χ3n) is 3.26. The van der Waals surface area contributed by atoms with Gasteiger partial charge in [-0.05, 0) is 24.6 Å². The van der Waals surface area contributed by atoms with Crippen LogP contribution in [0.2, 0.25) is 5.02 Å². The van der Waals surface area contributed by atoms with Gasteiger partial charge in [0.15, 0.2) is 5.82 Å². The molecule has 0 aliphatic rings. The van der Waals surface area contributed by atoms with Gasteiger partial charge in [0.1, 0.15) is 0 Å². The molecule has 110 valence electrons. The number of aryl methyl sites for hydroxylation is 1. The van der Waals surface area contributed by atoms with E-state index < -0.39 is 5.91 Å². The lowest BCUT2D eigenvalue weighted by Crippen LogP contribution is -2.13. The van der Waals surface area contributed by atoms with E-state index in [0.717, 1.165) is 16.8 Å². The molecule has 0 atom stereocenters. The van der Waals surface area contributed by atoms with Gasteiger partial charge in [0.05, 0.1) is 5.69 Å². The molecule has 22 heavy (non-hydrogen) atoms. The summed E-state index contributed by atoms with van der Waals surface area (Å²) in [5.74, 6) is -0.168. The summed E-state index contributed by atoms with van der Waals surface area (Å²) in [6.45, 7) is 1.92. The average Bonchev–Trinajstić information content (AvgIpc) is 2.96. The van der Waals surface area contributed by atoms with Crippen LogP contribution < -0.4 is 5.73 Å². The van der Waals surface area contributed by atoms with Gasteiger partial charge in [-0.1, -0.05) is 48.0 Å². The number of aromatic nitrogens is 3. The van der Waals surface area contributed by atoms with Crippen molar-refractivity contribution in [2.75, 3.05) is 0 Å². The summed E-state index contributed by atoms with van der Waals surface area (Å²) in [7, 11) is 0. The van der Waals surface area contributed by atoms with Gasteiger partial charge < -0.3 is 5.73 Å². The van der Waals surface area contributed by atoms with E-state index in [-0.39, 0.29) is 5.82 Å². The summed E-state index contributed by atoms with van der Waals surface area (Å²) in [4.78, 5) is 15.7. The van der Waals surface area contributed by atoms with Crippen LogP contribution in [0.25, 0.3) is 17.1 Å². The van der Waals surface area contributed by atoms with Crippen LogP contribution in [0.4, 0.5) is 0 Å². The number of benzene rings is 2. The highest BCUT2D eigenvalue weighted by molar-refractivity contribution is 6.31. The highest BCUT2D eigenvalue weighted by atomic mass is 35.5. The highest BCUT2D eigenvalue weighted by Crippen LogP contribution is 2.24. The number of nitrogens with two attached hydrogens (primary N) is 1. The molecule has 1 amide bonds. The van der Waals surface area contributed by atoms with Gasteiger partial charge >= 0.3 is 0 Å². The van der Waals surface area contributed by atoms with Crippen molar-refractivity contribution in [1.29, 1.82) is 0 Å². The largest absolute Gasteiger partial charge is 0.363 e. The highest BCUT2D eigenvalue weighted by Gasteiger charge is 2.17. The van der Waals surface area contributed by atoms with Gasteiger partial charge in [0, 0.05) is 10.6 Å². The Labute approximate surface area is 132 Å². The molecule has 2 aromatic carbocycles. The molecule has 1 heterocycles. The molecule has 0 bridgehead atoms. The predicted octanol–water partition coefficient (Wildman–Crippen LogP) is 3.00. The molecule has 6 heteroatoms. The van der Waals surface area contributed by atoms with E-state index in [1.54, 1.807) is 10.7 Å². The number of hydrogen-bond acceptors (Lipinski definition) is 3. The quantitative estimate of drug-likeness (QED) is 0.808. The van der Waals surface area contributed by atoms with Gasteiger partial charge in [-0.15, -0.1) is 5.10 Å². The number of hydrogen-bond donors (Lipinski definition) is 1. The van der Waals surface area contributed by atoms with Gasteiger partial charge in [-0.3, -0.25) is 4.79 Å². The maximum Gasteiger partial charge on any atom is 0.288 e. The minimum Gasteiger partial charge on any atom is -0.363 e. The second-order valence-electron chi connectivity index (χ2n) is 4.83. The van der Waals surface area contributed by atoms with Crippen molar-refractivity contribution in [2.24, 2.45) is 5.73 Å². The zero-order valence-electron chi connectivity index (χ0n) is 11.8. The summed E-state index contributed by atoms with van der Waals surface area (Å²) in [6, 6.07) is 15.0. The third-order valence-corrected chi connectivity index (χ3v) is 3.67. The Bertz CT molecular complexity index is 843. The Morgan fingerprint density at radius 3 is 2.55 bits per heavy atom. The summed E-state index contributed by atoms with van der Waals surface area (Å²) in [5.41, 5.74) is 7.81. The SMILES string of the molecule is Cc1ccc(-n2nc(C(N)=O)nc2-c2ccccc2)cc1Cl. The molecule has 0 radical (unpaired) electrons. The number of carbonyl (C=O) groups is 1. The minimum atomic E-state index is -0.672. The lowest BCUT2D eigenvalue weighted by Gasteiger charge is -2.07. The second-order valence-corrected chi connectivity index (χ2v) is 5.24. The fraction of sp³-hybridized carbons (Fsp3) is 0.0625. The molecule has 0 aliphatic carbocycles. The smallest absolute Gasteiger partial charge is 0.288 e. The molecule has 0 aliphatic heterocycles. The molecule has 0 spiro atoms. The Kier molecular flexibility index (Phi) is 3.65. The lowest BCUT2D eigenvalue weighted by molar-refractivity contribution is 0.0990. The Morgan fingerprint density at radius 2 is 1.91 bits per heavy atom. The normalized spacial score (nSPS) is 10.6. The molecule has 5 nitrogen and oxygen atoms in total. The van der Waals surface area contributed by atoms with E-state index in [4.69, 9.17) is 17.3 Å². The number of carbonyl (C=O) groups excluding carboxylic acids is 1. The van der Waals surface area contributed by atoms with Crippen LogP contribution in [0.5, 0.6) is 0 Å². The molecule has 3 aromatic rings. The Hall–Kier alpha value is -2.66. The fourth-order valence-electron chi connectivity index (χ4n) is 2.08. The molecule has 0 unspecified atom stereocenters. The van der Waals surface area contributed by atoms with E-state index in [1.807, 2.05) is 49.4 Å². The number of rotatable bonds is 3. The fourth-order valence-corrected chi connectivity index (χ4v) is 2.26. The zero-order valence-corrected chi connectivity index (χ0v) is 12.6. The Balaban J connectivity index is 2.21. The average molecular weight is 313 g/mol. The van der Waals surface area contributed by atoms with Crippen LogP contribution in [0.15, 0.2) is 48.5 Å². The molecule has 1 aromatic heterocycles. The molecular weight excluding hydrogens is 300 g/mol. The molecule has 0 fully saturated rings. The van der Waals surface area contributed by atoms with Crippen LogP contribution in [0.3, 0.4) is 0 Å². The van der Waals surface area contributed by atoms with E-state index in [1.165, 1.54) is 0 Å². The van der Waals surface area contributed by atoms with Crippen molar-refractivity contribution in [3.8, 4) is 17.1 Å². The molecule has 2 N–H and O–H groups in total. The minimum absolute atomic E-state index is 0.0319. The topological polar surface area (TPSA) is 73.8 Å². The second kappa shape index (κ2) is 5.61. The van der Waals surface area contributed by atoms with Crippen molar-refractivity contribution in [2.45, 2.75) is 6.92 Å². The molecule has 0 saturated carbocycles. The standard InChI is InChI=1S/C16H13ClN4O/c1-10-7-8-12(9-13(10)17)21-16(11-5-3-2-4-6-11)19-15(20-21)14(18)22/h2-9H,1H3,(H2,18,22). The van der Waals surface area contributed by atoms with Crippen molar-refractivity contribution in [1.82, 2.24) is 14.8 Å². The first-order valence-electron chi connectivity index (χ1n) is 6.65. The number of halogens is 1. The summed E-state index contributed by atoms with van der Waals surface area (Å²) in [5, 5.41) is 4.82. The summed E-state index contributed by atoms with van der Waals surface area (Å²) in [6.07, 6.45) is 0. The van der Waals surface area contributed by atoms with Gasteiger partial charge in [-0.2, -0.15) is 0 Å². The van der Waals surface area contributed by atoms with Gasteiger partial charge in [0.25, 0.3) is 5.91 Å². The summed E-state index contributed by atoms with van der Waals surface area (Å²) >= 11 is 6.18. The monoisotopic (exact) mass is 312 g/mol. The first-order chi connectivity index (χ1) is 10.6. The Morgan fingerprint density at radius 1 is 1.18 bits per heavy atom. The number of nitrogens with zero attached hydrogens (tertiary/aromatic N) is 3. The van der Waals surface area contributed by atoms with Gasteiger partial charge in [0.2, 0.25) is 5.82 Å². The van der Waals surface area contributed by atoms with E-state index in [9.17, 15) is 4.79 Å². The zero-order chi connectivity index (χ0) is 15.7. The predicted molar refractivity (Wildman–Crippen MR) is 85.1 cm³/mol. The van der Waals surface area contributed by atoms with Crippen molar-refractivity contribution in [3.05, 3.63) is 64.9 Å². The van der Waals surface area contributed by atoms with E-state index in [0.29, 0.717) is 10.8 Å². The molecular formula is C16H13ClN4O. The maximum absolute atomic E-state index is 11.4. The van der Waals surface area contributed by atoms with E-state index in [2.05, 4.69) is 10.1 Å². The van der Waals surface area contributed by atoms with Crippen LogP contribution >= 0.6 is 11.6 Å². The molecule has 0 saturated heterocycles. The first kappa shape index (κ1) is 14.3. The van der Waals surface area contributed by atoms with Crippen molar-refractivity contribution >= 4 is 17.5 Å². The van der Waals surface area contributed by atoms with Crippen molar-refractivity contribution < 1.29 is 4.79 Å². The number of amides is 1. The lowest BCUT2D eigenvalue weighted by atomic mass is 10.2. The maximum atomic E-state index is 11.4. The van der Waals surface area contributed by atoms with Crippen LogP contribution in [-0.4, -0.2) is 20.7 Å². The third kappa shape index (κ3) is 2.58. The van der Waals surface area contributed by atoms with Crippen LogP contribution in [0, 0.1) is 6.92 Å². The first-order valence-corrected chi connectivity index (χ1v) is 7.03. The molecule has 3 rings (SSSR count). The van der Waals surface area contributed by atoms with Crippen LogP contribution in [0.1, 0.15) is 16.2 Å². The van der Waals surface area contributed by atoms with E-state index >= 15 is 0 Å². The summed E-state index contributed by atoms with van der Waals surface area (Å²) < 4.78 is 1.57. The number of primary amides is 1.